The van der Waals surface area contributed by atoms with Gasteiger partial charge in [0.25, 0.3) is 0 Å². The molecule has 6 unspecified atom stereocenters. The number of carboxylic acid groups (broad SMARTS) is 1. The Labute approximate surface area is 431 Å². The molecule has 12 nitrogen and oxygen atoms in total. The first-order valence-electron chi connectivity index (χ1n) is 28.6. The van der Waals surface area contributed by atoms with Crippen molar-refractivity contribution in [3.8, 4) is 0 Å². The van der Waals surface area contributed by atoms with Gasteiger partial charge >= 0.3 is 23.9 Å². The third-order valence-electron chi connectivity index (χ3n) is 12.9. The van der Waals surface area contributed by atoms with Crippen LogP contribution in [-0.4, -0.2) is 89.2 Å². The normalized spacial score (nSPS) is 18.8. The second-order valence-electron chi connectivity index (χ2n) is 19.5. The standard InChI is InChI=1S/C59H102O12/c1-4-7-10-13-16-19-22-24-25-26-27-29-32-35-38-41-44-47-53(62)70-57-55(64)54(63)56(58(65)66)71-59(57)68-49-50(69-52(61)46-43-40-37-34-30-21-18-15-12-9-6-3)48-67-51(60)45-42-39-36-33-31-28-23-20-17-14-11-8-5-2/h7,10,15-16,18-19,24-25,50,54-57,59,63-64H,4-6,8-9,11-14,17,20-23,26-49H2,1-3H3,(H,65,66)/b10-7-,18-15-,19-16-,25-24-. The third-order valence-corrected chi connectivity index (χ3v) is 12.9. The minimum atomic E-state index is -1.91. The Hall–Kier alpha value is -3.32. The van der Waals surface area contributed by atoms with Gasteiger partial charge in [-0.2, -0.15) is 0 Å². The number of unbranched alkanes of at least 4 members (excludes halogenated alkanes) is 26. The number of aliphatic hydroxyl groups excluding tert-OH is 2. The highest BCUT2D eigenvalue weighted by Crippen LogP contribution is 2.26. The summed E-state index contributed by atoms with van der Waals surface area (Å²) in [7, 11) is 0. The molecular formula is C59H102O12. The Bertz CT molecular complexity index is 1420. The summed E-state index contributed by atoms with van der Waals surface area (Å²) in [5, 5.41) is 31.4. The fourth-order valence-electron chi connectivity index (χ4n) is 8.48. The van der Waals surface area contributed by atoms with E-state index in [1.54, 1.807) is 0 Å². The van der Waals surface area contributed by atoms with Crippen molar-refractivity contribution in [3.63, 3.8) is 0 Å². The van der Waals surface area contributed by atoms with Gasteiger partial charge in [-0.1, -0.05) is 211 Å². The van der Waals surface area contributed by atoms with Crippen molar-refractivity contribution in [1.29, 1.82) is 0 Å². The van der Waals surface area contributed by atoms with Crippen LogP contribution in [0, 0.1) is 0 Å². The van der Waals surface area contributed by atoms with Crippen LogP contribution >= 0.6 is 0 Å². The fourth-order valence-corrected chi connectivity index (χ4v) is 8.48. The molecule has 1 aliphatic heterocycles. The molecule has 1 heterocycles. The topological polar surface area (TPSA) is 175 Å². The number of carboxylic acids is 1. The van der Waals surface area contributed by atoms with E-state index in [-0.39, 0.29) is 25.9 Å². The van der Waals surface area contributed by atoms with Crippen LogP contribution < -0.4 is 0 Å². The summed E-state index contributed by atoms with van der Waals surface area (Å²) in [4.78, 5) is 51.0. The first kappa shape index (κ1) is 65.7. The highest BCUT2D eigenvalue weighted by Gasteiger charge is 2.50. The minimum Gasteiger partial charge on any atom is -0.479 e. The lowest BCUT2D eigenvalue weighted by molar-refractivity contribution is -0.301. The number of carbonyl (C=O) groups is 4. The Kier molecular flexibility index (Phi) is 44.1. The second kappa shape index (κ2) is 47.7. The molecule has 410 valence electrons. The predicted octanol–water partition coefficient (Wildman–Crippen LogP) is 14.2. The first-order valence-corrected chi connectivity index (χ1v) is 28.6. The summed E-state index contributed by atoms with van der Waals surface area (Å²) >= 11 is 0. The van der Waals surface area contributed by atoms with E-state index in [0.29, 0.717) is 19.3 Å². The molecule has 6 atom stereocenters. The van der Waals surface area contributed by atoms with Gasteiger partial charge in [-0.3, -0.25) is 14.4 Å². The number of ether oxygens (including phenoxy) is 5. The van der Waals surface area contributed by atoms with Gasteiger partial charge in [0, 0.05) is 19.3 Å². The van der Waals surface area contributed by atoms with Gasteiger partial charge in [0.05, 0.1) is 6.61 Å². The molecule has 0 aliphatic carbocycles. The molecular weight excluding hydrogens is 901 g/mol. The van der Waals surface area contributed by atoms with Crippen molar-refractivity contribution < 1.29 is 58.2 Å². The predicted molar refractivity (Wildman–Crippen MR) is 285 cm³/mol. The molecule has 1 fully saturated rings. The lowest BCUT2D eigenvalue weighted by Gasteiger charge is -2.40. The Morgan fingerprint density at radius 2 is 0.901 bits per heavy atom. The number of hydrogen-bond donors (Lipinski definition) is 3. The molecule has 0 spiro atoms. The molecule has 0 aromatic heterocycles. The zero-order valence-corrected chi connectivity index (χ0v) is 45.0. The molecule has 0 saturated carbocycles. The summed E-state index contributed by atoms with van der Waals surface area (Å²) in [6, 6.07) is 0. The molecule has 0 radical (unpaired) electrons. The van der Waals surface area contributed by atoms with Crippen LogP contribution in [-0.2, 0) is 42.9 Å². The molecule has 0 aromatic carbocycles. The van der Waals surface area contributed by atoms with E-state index in [1.807, 2.05) is 0 Å². The van der Waals surface area contributed by atoms with E-state index in [4.69, 9.17) is 23.7 Å². The lowest BCUT2D eigenvalue weighted by atomic mass is 9.98. The molecule has 1 rings (SSSR count). The smallest absolute Gasteiger partial charge is 0.335 e. The summed E-state index contributed by atoms with van der Waals surface area (Å²) < 4.78 is 28.4. The van der Waals surface area contributed by atoms with E-state index < -0.39 is 67.3 Å². The van der Waals surface area contributed by atoms with Crippen LogP contribution in [0.4, 0.5) is 0 Å². The Morgan fingerprint density at radius 3 is 1.41 bits per heavy atom. The molecule has 71 heavy (non-hydrogen) atoms. The maximum Gasteiger partial charge on any atom is 0.335 e. The van der Waals surface area contributed by atoms with E-state index in [9.17, 15) is 34.5 Å². The molecule has 0 amide bonds. The van der Waals surface area contributed by atoms with Gasteiger partial charge in [-0.05, 0) is 70.6 Å². The number of hydrogen-bond acceptors (Lipinski definition) is 11. The van der Waals surface area contributed by atoms with E-state index >= 15 is 0 Å². The number of allylic oxidation sites excluding steroid dienone is 8. The lowest BCUT2D eigenvalue weighted by Crippen LogP contribution is -2.61. The first-order chi connectivity index (χ1) is 34.6. The molecule has 0 aromatic rings. The van der Waals surface area contributed by atoms with Gasteiger partial charge in [0.15, 0.2) is 24.6 Å². The van der Waals surface area contributed by atoms with E-state index in [1.165, 1.54) is 70.6 Å². The molecule has 0 bridgehead atoms. The van der Waals surface area contributed by atoms with Crippen molar-refractivity contribution >= 4 is 23.9 Å². The summed E-state index contributed by atoms with van der Waals surface area (Å²) in [6.45, 7) is 5.83. The SMILES string of the molecule is CC/C=C\C/C=C\C/C=C\CCCCCCCCCC(=O)OC1C(OCC(COC(=O)CCCCCCCCCCCCCCC)OC(=O)CCCCCCC/C=C\CCCC)OC(C(=O)O)C(O)C1O. The monoisotopic (exact) mass is 1000 g/mol. The Balaban J connectivity index is 2.68. The molecule has 1 aliphatic rings. The second-order valence-corrected chi connectivity index (χ2v) is 19.5. The number of esters is 3. The third kappa shape index (κ3) is 38.0. The van der Waals surface area contributed by atoms with Gasteiger partial charge in [-0.25, -0.2) is 4.79 Å². The van der Waals surface area contributed by atoms with Crippen LogP contribution in [0.3, 0.4) is 0 Å². The van der Waals surface area contributed by atoms with Crippen molar-refractivity contribution in [2.24, 2.45) is 0 Å². The Morgan fingerprint density at radius 1 is 0.479 bits per heavy atom. The quantitative estimate of drug-likeness (QED) is 0.0228. The van der Waals surface area contributed by atoms with Crippen molar-refractivity contribution in [2.75, 3.05) is 13.2 Å². The highest BCUT2D eigenvalue weighted by atomic mass is 16.7. The summed E-state index contributed by atoms with van der Waals surface area (Å²) in [6.07, 6.45) is 43.7. The minimum absolute atomic E-state index is 0.0497. The number of aliphatic carboxylic acids is 1. The van der Waals surface area contributed by atoms with E-state index in [0.717, 1.165) is 122 Å². The van der Waals surface area contributed by atoms with Crippen molar-refractivity contribution in [2.45, 2.75) is 289 Å². The van der Waals surface area contributed by atoms with Crippen LogP contribution in [0.25, 0.3) is 0 Å². The number of carbonyl (C=O) groups excluding carboxylic acids is 3. The average molecular weight is 1000 g/mol. The van der Waals surface area contributed by atoms with Crippen molar-refractivity contribution in [1.82, 2.24) is 0 Å². The summed E-state index contributed by atoms with van der Waals surface area (Å²) in [5.74, 6) is -3.13. The van der Waals surface area contributed by atoms with Crippen molar-refractivity contribution in [3.05, 3.63) is 48.6 Å². The molecule has 3 N–H and O–H groups in total. The average Bonchev–Trinajstić information content (AvgIpc) is 3.35. The number of aliphatic hydroxyl groups is 2. The van der Waals surface area contributed by atoms with Gasteiger partial charge < -0.3 is 39.0 Å². The van der Waals surface area contributed by atoms with Crippen LogP contribution in [0.15, 0.2) is 48.6 Å². The van der Waals surface area contributed by atoms with Crippen LogP contribution in [0.2, 0.25) is 0 Å². The summed E-state index contributed by atoms with van der Waals surface area (Å²) in [5.41, 5.74) is 0. The zero-order valence-electron chi connectivity index (χ0n) is 45.0. The maximum absolute atomic E-state index is 13.1. The van der Waals surface area contributed by atoms with Gasteiger partial charge in [0.2, 0.25) is 0 Å². The van der Waals surface area contributed by atoms with Crippen LogP contribution in [0.1, 0.15) is 252 Å². The van der Waals surface area contributed by atoms with Crippen LogP contribution in [0.5, 0.6) is 0 Å². The highest BCUT2D eigenvalue weighted by molar-refractivity contribution is 5.74. The van der Waals surface area contributed by atoms with Gasteiger partial charge in [0.1, 0.15) is 18.8 Å². The molecule has 12 heteroatoms. The fraction of sp³-hybridized carbons (Fsp3) is 0.797. The maximum atomic E-state index is 13.1. The zero-order chi connectivity index (χ0) is 51.8. The number of rotatable bonds is 48. The molecule has 1 saturated heterocycles. The van der Waals surface area contributed by atoms with Gasteiger partial charge in [-0.15, -0.1) is 0 Å². The van der Waals surface area contributed by atoms with E-state index in [2.05, 4.69) is 69.4 Å². The largest absolute Gasteiger partial charge is 0.479 e.